The van der Waals surface area contributed by atoms with E-state index in [1.807, 2.05) is 64.1 Å². The number of hydrogen-bond acceptors (Lipinski definition) is 6. The first kappa shape index (κ1) is 31.7. The normalized spacial score (nSPS) is 10.5. The fourth-order valence-electron chi connectivity index (χ4n) is 3.76. The molecule has 3 aromatic rings. The van der Waals surface area contributed by atoms with Gasteiger partial charge in [-0.2, -0.15) is 0 Å². The molecular weight excluding hydrogens is 534 g/mol. The molecule has 0 unspecified atom stereocenters. The zero-order valence-electron chi connectivity index (χ0n) is 22.9. The van der Waals surface area contributed by atoms with E-state index in [1.165, 1.54) is 0 Å². The Morgan fingerprint density at radius 1 is 0.975 bits per heavy atom. The van der Waals surface area contributed by atoms with Crippen LogP contribution in [-0.4, -0.2) is 42.0 Å². The summed E-state index contributed by atoms with van der Waals surface area (Å²) in [5.41, 5.74) is 2.86. The van der Waals surface area contributed by atoms with Gasteiger partial charge in [0.05, 0.1) is 0 Å². The average Bonchev–Trinajstić information content (AvgIpc) is 2.88. The molecule has 0 aliphatic rings. The van der Waals surface area contributed by atoms with Gasteiger partial charge in [0.2, 0.25) is 0 Å². The fourth-order valence-corrected chi connectivity index (χ4v) is 3.76. The van der Waals surface area contributed by atoms with Crippen LogP contribution in [0.2, 0.25) is 0 Å². The van der Waals surface area contributed by atoms with Crippen molar-refractivity contribution >= 4 is 47.2 Å². The summed E-state index contributed by atoms with van der Waals surface area (Å²) >= 11 is 0. The van der Waals surface area contributed by atoms with E-state index < -0.39 is 17.8 Å². The molecule has 212 valence electrons. The molecule has 0 saturated carbocycles. The zero-order valence-corrected chi connectivity index (χ0v) is 23.7. The van der Waals surface area contributed by atoms with Gasteiger partial charge in [-0.05, 0) is 67.5 Å². The van der Waals surface area contributed by atoms with Crippen molar-refractivity contribution in [3.8, 4) is 23.5 Å². The number of nitrogens with one attached hydrogen (secondary N) is 4. The monoisotopic (exact) mass is 567 g/mol. The lowest BCUT2D eigenvalue weighted by Crippen LogP contribution is -2.32. The van der Waals surface area contributed by atoms with Crippen LogP contribution in [0.5, 0.6) is 0 Å². The molecule has 0 saturated heterocycles. The summed E-state index contributed by atoms with van der Waals surface area (Å²) in [7, 11) is 0. The van der Waals surface area contributed by atoms with Gasteiger partial charge in [0, 0.05) is 31.2 Å². The number of carbonyl (C=O) groups is 3. The second kappa shape index (κ2) is 14.6. The van der Waals surface area contributed by atoms with E-state index in [9.17, 15) is 14.4 Å². The van der Waals surface area contributed by atoms with Crippen LogP contribution in [0.25, 0.3) is 21.9 Å². The Bertz CT molecular complexity index is 1400. The van der Waals surface area contributed by atoms with Gasteiger partial charge in [-0.25, -0.2) is 19.4 Å². The number of alkyl carbamates (subject to hydrolysis) is 2. The number of ether oxygens (including phenoxy) is 2. The Morgan fingerprint density at radius 2 is 1.73 bits per heavy atom. The first-order valence-electron chi connectivity index (χ1n) is 12.5. The van der Waals surface area contributed by atoms with Gasteiger partial charge >= 0.3 is 18.2 Å². The van der Waals surface area contributed by atoms with Crippen molar-refractivity contribution in [1.82, 2.24) is 20.9 Å². The molecule has 10 nitrogen and oxygen atoms in total. The summed E-state index contributed by atoms with van der Waals surface area (Å²) in [5.74, 6) is 2.62. The van der Waals surface area contributed by atoms with Crippen molar-refractivity contribution in [3.63, 3.8) is 0 Å². The maximum absolute atomic E-state index is 12.1. The number of halogens is 1. The zero-order chi connectivity index (χ0) is 28.4. The number of amides is 4. The summed E-state index contributed by atoms with van der Waals surface area (Å²) < 4.78 is 10.2. The number of anilines is 1. The quantitative estimate of drug-likeness (QED) is 0.271. The van der Waals surface area contributed by atoms with Crippen LogP contribution < -0.4 is 21.3 Å². The third-order valence-electron chi connectivity index (χ3n) is 5.35. The number of rotatable bonds is 8. The molecule has 2 aromatic carbocycles. The van der Waals surface area contributed by atoms with Crippen molar-refractivity contribution in [3.05, 3.63) is 59.8 Å². The van der Waals surface area contributed by atoms with E-state index in [0.29, 0.717) is 12.4 Å². The van der Waals surface area contributed by atoms with Crippen LogP contribution in [0, 0.1) is 12.3 Å². The highest BCUT2D eigenvalue weighted by atomic mass is 35.5. The Labute approximate surface area is 240 Å². The Morgan fingerprint density at radius 3 is 2.42 bits per heavy atom. The fraction of sp³-hybridized carbons (Fsp3) is 0.310. The highest BCUT2D eigenvalue weighted by molar-refractivity contribution is 6.01. The summed E-state index contributed by atoms with van der Waals surface area (Å²) in [5, 5.41) is 12.5. The molecule has 0 aliphatic carbocycles. The Balaban J connectivity index is 0.00000560. The minimum atomic E-state index is -0.627. The van der Waals surface area contributed by atoms with E-state index in [2.05, 4.69) is 32.2 Å². The third-order valence-corrected chi connectivity index (χ3v) is 5.35. The van der Waals surface area contributed by atoms with Crippen molar-refractivity contribution in [2.24, 2.45) is 0 Å². The number of aromatic nitrogens is 1. The third kappa shape index (κ3) is 9.36. The van der Waals surface area contributed by atoms with Gasteiger partial charge < -0.3 is 25.4 Å². The summed E-state index contributed by atoms with van der Waals surface area (Å²) in [6.45, 7) is 8.06. The maximum atomic E-state index is 12.1. The number of benzene rings is 2. The van der Waals surface area contributed by atoms with E-state index in [1.54, 1.807) is 12.3 Å². The van der Waals surface area contributed by atoms with Crippen LogP contribution in [-0.2, 0) is 22.6 Å². The number of fused-ring (bicyclic) bond motifs is 1. The molecule has 0 bridgehead atoms. The Kier molecular flexibility index (Phi) is 11.6. The molecule has 0 aliphatic heterocycles. The summed E-state index contributed by atoms with van der Waals surface area (Å²) in [4.78, 5) is 40.5. The number of hydrogen-bond donors (Lipinski definition) is 4. The first-order valence-corrected chi connectivity index (χ1v) is 12.5. The molecule has 3 rings (SSSR count). The summed E-state index contributed by atoms with van der Waals surface area (Å²) in [6.07, 6.45) is 5.67. The van der Waals surface area contributed by atoms with Crippen LogP contribution in [0.3, 0.4) is 0 Å². The van der Waals surface area contributed by atoms with E-state index in [-0.39, 0.29) is 38.1 Å². The molecule has 40 heavy (non-hydrogen) atoms. The lowest BCUT2D eigenvalue weighted by atomic mass is 9.95. The van der Waals surface area contributed by atoms with Crippen LogP contribution in [0.1, 0.15) is 38.8 Å². The highest BCUT2D eigenvalue weighted by Gasteiger charge is 2.16. The van der Waals surface area contributed by atoms with E-state index in [0.717, 1.165) is 33.0 Å². The molecule has 1 heterocycles. The average molecular weight is 568 g/mol. The number of nitrogens with zero attached hydrogens (tertiary/aromatic N) is 1. The molecule has 1 aromatic heterocycles. The van der Waals surface area contributed by atoms with Gasteiger partial charge in [-0.1, -0.05) is 36.3 Å². The second-order valence-corrected chi connectivity index (χ2v) is 9.56. The molecule has 4 N–H and O–H groups in total. The minimum Gasteiger partial charge on any atom is -0.444 e. The molecule has 0 atom stereocenters. The van der Waals surface area contributed by atoms with E-state index in [4.69, 9.17) is 15.9 Å². The molecule has 0 fully saturated rings. The van der Waals surface area contributed by atoms with Crippen LogP contribution in [0.4, 0.5) is 20.2 Å². The van der Waals surface area contributed by atoms with Crippen molar-refractivity contribution < 1.29 is 23.9 Å². The van der Waals surface area contributed by atoms with Gasteiger partial charge in [-0.3, -0.25) is 5.32 Å². The van der Waals surface area contributed by atoms with Crippen molar-refractivity contribution in [1.29, 1.82) is 0 Å². The van der Waals surface area contributed by atoms with E-state index >= 15 is 0 Å². The number of carbonyl (C=O) groups excluding carboxylic acids is 3. The standard InChI is InChI=1S/C29H33N5O5.ClH/c1-6-13-38-27(36)33-17-21-11-12-22(23-15-25(31-18-24(21)23)34-26(35)30-7-2)20-10-8-9-19(14-20)16-32-28(37)39-29(3,4)5;/h1,8-12,14-15,18H,7,13,16-17H2,2-5H3,(H,32,37)(H,33,36)(H2,30,31,34,35);1H. The first-order chi connectivity index (χ1) is 18.6. The lowest BCUT2D eigenvalue weighted by molar-refractivity contribution is 0.0523. The van der Waals surface area contributed by atoms with Crippen molar-refractivity contribution in [2.75, 3.05) is 18.5 Å². The lowest BCUT2D eigenvalue weighted by Gasteiger charge is -2.19. The topological polar surface area (TPSA) is 131 Å². The smallest absolute Gasteiger partial charge is 0.408 e. The second-order valence-electron chi connectivity index (χ2n) is 9.56. The predicted octanol–water partition coefficient (Wildman–Crippen LogP) is 5.35. The number of terminal acetylenes is 1. The maximum Gasteiger partial charge on any atom is 0.408 e. The molecular formula is C29H34ClN5O5. The summed E-state index contributed by atoms with van der Waals surface area (Å²) in [6, 6.07) is 13.0. The highest BCUT2D eigenvalue weighted by Crippen LogP contribution is 2.32. The molecule has 0 radical (unpaired) electrons. The largest absolute Gasteiger partial charge is 0.444 e. The van der Waals surface area contributed by atoms with Gasteiger partial charge in [0.15, 0.2) is 6.61 Å². The number of urea groups is 1. The van der Waals surface area contributed by atoms with Crippen molar-refractivity contribution in [2.45, 2.75) is 46.4 Å². The van der Waals surface area contributed by atoms with Gasteiger partial charge in [0.25, 0.3) is 0 Å². The van der Waals surface area contributed by atoms with Gasteiger partial charge in [0.1, 0.15) is 11.4 Å². The molecule has 0 spiro atoms. The molecule has 4 amide bonds. The Hall–Kier alpha value is -4.49. The minimum absolute atomic E-state index is 0. The number of pyridine rings is 1. The molecule has 11 heteroatoms. The predicted molar refractivity (Wildman–Crippen MR) is 157 cm³/mol. The van der Waals surface area contributed by atoms with Crippen LogP contribution >= 0.6 is 12.4 Å². The van der Waals surface area contributed by atoms with Crippen LogP contribution in [0.15, 0.2) is 48.7 Å². The SMILES string of the molecule is C#CCOC(=O)NCc1ccc(-c2cccc(CNC(=O)OC(C)(C)C)c2)c2cc(NC(=O)NCC)ncc12.Cl. The van der Waals surface area contributed by atoms with Gasteiger partial charge in [-0.15, -0.1) is 18.8 Å².